The number of nitrogens with zero attached hydrogens (tertiary/aromatic N) is 2. The van der Waals surface area contributed by atoms with E-state index < -0.39 is 11.6 Å². The molecule has 0 bridgehead atoms. The van der Waals surface area contributed by atoms with Gasteiger partial charge in [0.05, 0.1) is 5.69 Å². The zero-order valence-corrected chi connectivity index (χ0v) is 11.4. The van der Waals surface area contributed by atoms with E-state index >= 15 is 0 Å². The van der Waals surface area contributed by atoms with Crippen LogP contribution < -0.4 is 0 Å². The smallest absolute Gasteiger partial charge is 0.136 e. The predicted molar refractivity (Wildman–Crippen MR) is 71.1 cm³/mol. The third-order valence-electron chi connectivity index (χ3n) is 2.79. The minimum atomic E-state index is -0.652. The van der Waals surface area contributed by atoms with Crippen molar-refractivity contribution in [3.05, 3.63) is 46.4 Å². The van der Waals surface area contributed by atoms with E-state index in [1.807, 2.05) is 6.92 Å². The molecular weight excluding hydrogens is 270 g/mol. The molecule has 1 aromatic carbocycles. The average molecular weight is 283 g/mol. The first-order valence-corrected chi connectivity index (χ1v) is 6.39. The first-order chi connectivity index (χ1) is 9.02. The lowest BCUT2D eigenvalue weighted by atomic mass is 10.1. The second-order valence-corrected chi connectivity index (χ2v) is 4.64. The van der Waals surface area contributed by atoms with E-state index in [9.17, 15) is 8.78 Å². The Balaban J connectivity index is 2.60. The highest BCUT2D eigenvalue weighted by molar-refractivity contribution is 6.30. The Morgan fingerprint density at radius 2 is 1.95 bits per heavy atom. The number of rotatable bonds is 3. The summed E-state index contributed by atoms with van der Waals surface area (Å²) in [6, 6.07) is 3.41. The highest BCUT2D eigenvalue weighted by atomic mass is 35.5. The monoisotopic (exact) mass is 282 g/mol. The molecule has 0 aliphatic heterocycles. The summed E-state index contributed by atoms with van der Waals surface area (Å²) in [7, 11) is 0. The lowest BCUT2D eigenvalue weighted by Crippen LogP contribution is -2.01. The third-order valence-corrected chi connectivity index (χ3v) is 3.16. The van der Waals surface area contributed by atoms with Crippen LogP contribution in [0.25, 0.3) is 11.3 Å². The summed E-state index contributed by atoms with van der Waals surface area (Å²) in [5.41, 5.74) is 1.24. The number of hydrogen-bond acceptors (Lipinski definition) is 2. The zero-order valence-electron chi connectivity index (χ0n) is 10.7. The van der Waals surface area contributed by atoms with Crippen molar-refractivity contribution in [2.45, 2.75) is 26.7 Å². The molecule has 0 fully saturated rings. The van der Waals surface area contributed by atoms with Gasteiger partial charge in [0.25, 0.3) is 0 Å². The van der Waals surface area contributed by atoms with Crippen molar-refractivity contribution in [3.63, 3.8) is 0 Å². The van der Waals surface area contributed by atoms with Crippen LogP contribution in [0.4, 0.5) is 8.78 Å². The van der Waals surface area contributed by atoms with E-state index in [4.69, 9.17) is 11.6 Å². The fourth-order valence-electron chi connectivity index (χ4n) is 1.81. The Morgan fingerprint density at radius 1 is 1.21 bits per heavy atom. The molecule has 0 amide bonds. The molecular formula is C14H13ClF2N2. The highest BCUT2D eigenvalue weighted by Crippen LogP contribution is 2.28. The van der Waals surface area contributed by atoms with Gasteiger partial charge in [-0.1, -0.05) is 18.5 Å². The summed E-state index contributed by atoms with van der Waals surface area (Å²) < 4.78 is 26.8. The van der Waals surface area contributed by atoms with E-state index in [1.165, 1.54) is 12.1 Å². The van der Waals surface area contributed by atoms with Crippen molar-refractivity contribution in [2.24, 2.45) is 0 Å². The van der Waals surface area contributed by atoms with Crippen molar-refractivity contribution in [2.75, 3.05) is 0 Å². The highest BCUT2D eigenvalue weighted by Gasteiger charge is 2.14. The molecule has 0 radical (unpaired) electrons. The maximum Gasteiger partial charge on any atom is 0.136 e. The van der Waals surface area contributed by atoms with Crippen LogP contribution in [0.3, 0.4) is 0 Å². The Labute approximate surface area is 115 Å². The van der Waals surface area contributed by atoms with Gasteiger partial charge in [-0.25, -0.2) is 18.7 Å². The summed E-state index contributed by atoms with van der Waals surface area (Å²) >= 11 is 6.04. The molecule has 1 aromatic heterocycles. The lowest BCUT2D eigenvalue weighted by molar-refractivity contribution is 0.585. The van der Waals surface area contributed by atoms with Crippen LogP contribution in [0.1, 0.15) is 24.7 Å². The normalized spacial score (nSPS) is 10.8. The van der Waals surface area contributed by atoms with Gasteiger partial charge in [-0.15, -0.1) is 0 Å². The molecule has 0 saturated carbocycles. The maximum atomic E-state index is 13.8. The number of hydrogen-bond donors (Lipinski definition) is 0. The number of aryl methyl sites for hydroxylation is 1. The van der Waals surface area contributed by atoms with Crippen LogP contribution in [0, 0.1) is 18.6 Å². The number of aromatic nitrogens is 2. The lowest BCUT2D eigenvalue weighted by Gasteiger charge is -2.10. The Kier molecular flexibility index (Phi) is 4.10. The summed E-state index contributed by atoms with van der Waals surface area (Å²) in [5, 5.41) is 0.303. The van der Waals surface area contributed by atoms with Gasteiger partial charge in [0.2, 0.25) is 0 Å². The van der Waals surface area contributed by atoms with E-state index in [1.54, 1.807) is 6.92 Å². The maximum absolute atomic E-state index is 13.8. The Hall–Kier alpha value is -1.55. The molecule has 0 unspecified atom stereocenters. The number of benzene rings is 1. The second kappa shape index (κ2) is 5.61. The standard InChI is InChI=1S/C14H13ClF2N2/c1-3-4-12-18-13(8(2)14(15)19-12)10-6-5-9(16)7-11(10)17/h5-7H,3-4H2,1-2H3. The summed E-state index contributed by atoms with van der Waals surface area (Å²) in [6.45, 7) is 3.71. The fourth-order valence-corrected chi connectivity index (χ4v) is 2.00. The molecule has 0 spiro atoms. The van der Waals surface area contributed by atoms with Gasteiger partial charge in [-0.05, 0) is 25.5 Å². The largest absolute Gasteiger partial charge is 0.232 e. The van der Waals surface area contributed by atoms with Crippen molar-refractivity contribution < 1.29 is 8.78 Å². The van der Waals surface area contributed by atoms with Gasteiger partial charge in [-0.3, -0.25) is 0 Å². The molecule has 5 heteroatoms. The molecule has 0 N–H and O–H groups in total. The Bertz CT molecular complexity index is 615. The summed E-state index contributed by atoms with van der Waals surface area (Å²) in [6.07, 6.45) is 1.53. The molecule has 19 heavy (non-hydrogen) atoms. The van der Waals surface area contributed by atoms with Crippen LogP contribution >= 0.6 is 11.6 Å². The van der Waals surface area contributed by atoms with Crippen LogP contribution in [0.5, 0.6) is 0 Å². The van der Waals surface area contributed by atoms with Crippen molar-refractivity contribution in [1.29, 1.82) is 0 Å². The van der Waals surface area contributed by atoms with E-state index in [-0.39, 0.29) is 5.56 Å². The Morgan fingerprint density at radius 3 is 2.58 bits per heavy atom. The van der Waals surface area contributed by atoms with E-state index in [0.717, 1.165) is 12.5 Å². The molecule has 2 aromatic rings. The van der Waals surface area contributed by atoms with Gasteiger partial charge in [0.1, 0.15) is 22.6 Å². The fraction of sp³-hybridized carbons (Fsp3) is 0.286. The van der Waals surface area contributed by atoms with Crippen molar-refractivity contribution in [1.82, 2.24) is 9.97 Å². The molecule has 1 heterocycles. The van der Waals surface area contributed by atoms with Gasteiger partial charge >= 0.3 is 0 Å². The van der Waals surface area contributed by atoms with Gasteiger partial charge in [-0.2, -0.15) is 0 Å². The minimum Gasteiger partial charge on any atom is -0.232 e. The average Bonchev–Trinajstić information content (AvgIpc) is 2.34. The van der Waals surface area contributed by atoms with Gasteiger partial charge in [0, 0.05) is 23.6 Å². The van der Waals surface area contributed by atoms with E-state index in [2.05, 4.69) is 9.97 Å². The third kappa shape index (κ3) is 2.89. The molecule has 100 valence electrons. The molecule has 2 nitrogen and oxygen atoms in total. The molecule has 0 aliphatic rings. The summed E-state index contributed by atoms with van der Waals surface area (Å²) in [4.78, 5) is 8.48. The number of halogens is 3. The van der Waals surface area contributed by atoms with Crippen LogP contribution in [0.2, 0.25) is 5.15 Å². The zero-order chi connectivity index (χ0) is 14.0. The van der Waals surface area contributed by atoms with Crippen LogP contribution in [-0.2, 0) is 6.42 Å². The SMILES string of the molecule is CCCc1nc(Cl)c(C)c(-c2ccc(F)cc2F)n1. The first kappa shape index (κ1) is 13.9. The van der Waals surface area contributed by atoms with E-state index in [0.29, 0.717) is 28.7 Å². The topological polar surface area (TPSA) is 25.8 Å². The first-order valence-electron chi connectivity index (χ1n) is 6.01. The predicted octanol–water partition coefficient (Wildman–Crippen LogP) is 4.34. The minimum absolute atomic E-state index is 0.237. The van der Waals surface area contributed by atoms with Gasteiger partial charge in [0.15, 0.2) is 0 Å². The van der Waals surface area contributed by atoms with Gasteiger partial charge < -0.3 is 0 Å². The molecule has 0 aliphatic carbocycles. The summed E-state index contributed by atoms with van der Waals surface area (Å²) in [5.74, 6) is -0.704. The van der Waals surface area contributed by atoms with Crippen molar-refractivity contribution >= 4 is 11.6 Å². The molecule has 0 saturated heterocycles. The van der Waals surface area contributed by atoms with Crippen molar-refractivity contribution in [3.8, 4) is 11.3 Å². The van der Waals surface area contributed by atoms with Crippen LogP contribution in [-0.4, -0.2) is 9.97 Å². The van der Waals surface area contributed by atoms with Crippen LogP contribution in [0.15, 0.2) is 18.2 Å². The molecule has 0 atom stereocenters. The second-order valence-electron chi connectivity index (χ2n) is 4.28. The quantitative estimate of drug-likeness (QED) is 0.783. The molecule has 2 rings (SSSR count).